The molecular formula is C12H16N6O. The van der Waals surface area contributed by atoms with E-state index in [0.717, 1.165) is 12.4 Å². The Bertz CT molecular complexity index is 592. The maximum atomic E-state index is 11.1. The van der Waals surface area contributed by atoms with Gasteiger partial charge in [-0.3, -0.25) is 4.79 Å². The molecule has 5 N–H and O–H groups in total. The number of rotatable bonds is 5. The molecule has 1 amide bonds. The van der Waals surface area contributed by atoms with Gasteiger partial charge in [-0.2, -0.15) is 0 Å². The maximum Gasteiger partial charge on any atom is 0.248 e. The fourth-order valence-corrected chi connectivity index (χ4v) is 1.72. The van der Waals surface area contributed by atoms with Crippen LogP contribution in [-0.2, 0) is 13.1 Å². The summed E-state index contributed by atoms with van der Waals surface area (Å²) in [7, 11) is 0. The summed E-state index contributed by atoms with van der Waals surface area (Å²) < 4.78 is 1.92. The smallest absolute Gasteiger partial charge is 0.248 e. The number of anilines is 2. The van der Waals surface area contributed by atoms with E-state index >= 15 is 0 Å². The number of aromatic nitrogens is 3. The molecule has 7 heteroatoms. The van der Waals surface area contributed by atoms with Crippen LogP contribution in [0.1, 0.15) is 23.1 Å². The Kier molecular flexibility index (Phi) is 3.65. The quantitative estimate of drug-likeness (QED) is 0.681. The highest BCUT2D eigenvalue weighted by Gasteiger charge is 2.07. The zero-order chi connectivity index (χ0) is 13.8. The van der Waals surface area contributed by atoms with Crippen molar-refractivity contribution in [2.45, 2.75) is 20.0 Å². The minimum atomic E-state index is -0.486. The molecule has 0 radical (unpaired) electrons. The van der Waals surface area contributed by atoms with Crippen molar-refractivity contribution in [3.63, 3.8) is 0 Å². The van der Waals surface area contributed by atoms with Gasteiger partial charge in [0.25, 0.3) is 0 Å². The summed E-state index contributed by atoms with van der Waals surface area (Å²) in [6.45, 7) is 3.27. The normalized spacial score (nSPS) is 10.4. The van der Waals surface area contributed by atoms with Gasteiger partial charge in [0.15, 0.2) is 5.82 Å². The van der Waals surface area contributed by atoms with Gasteiger partial charge in [0.1, 0.15) is 6.33 Å². The van der Waals surface area contributed by atoms with Crippen LogP contribution in [0.15, 0.2) is 24.5 Å². The number of nitrogen functional groups attached to an aromatic ring is 1. The highest BCUT2D eigenvalue weighted by Crippen LogP contribution is 2.20. The number of hydrogen-bond donors (Lipinski definition) is 3. The van der Waals surface area contributed by atoms with Gasteiger partial charge in [0, 0.05) is 12.1 Å². The van der Waals surface area contributed by atoms with Gasteiger partial charge in [-0.05, 0) is 25.1 Å². The van der Waals surface area contributed by atoms with Crippen LogP contribution in [0.5, 0.6) is 0 Å². The summed E-state index contributed by atoms with van der Waals surface area (Å²) >= 11 is 0. The van der Waals surface area contributed by atoms with Crippen LogP contribution in [0.2, 0.25) is 0 Å². The molecule has 0 aliphatic rings. The molecule has 0 saturated heterocycles. The molecule has 0 saturated carbocycles. The summed E-state index contributed by atoms with van der Waals surface area (Å²) in [5.74, 6) is 0.311. The van der Waals surface area contributed by atoms with E-state index in [-0.39, 0.29) is 0 Å². The molecule has 1 aromatic carbocycles. The van der Waals surface area contributed by atoms with Crippen LogP contribution in [0.25, 0.3) is 0 Å². The molecule has 2 rings (SSSR count). The van der Waals surface area contributed by atoms with E-state index < -0.39 is 5.91 Å². The Labute approximate surface area is 110 Å². The number of amides is 1. The van der Waals surface area contributed by atoms with Crippen molar-refractivity contribution in [2.75, 3.05) is 11.1 Å². The number of carbonyl (C=O) groups excluding carboxylic acids is 1. The van der Waals surface area contributed by atoms with E-state index in [4.69, 9.17) is 11.5 Å². The van der Waals surface area contributed by atoms with Crippen LogP contribution in [0.4, 0.5) is 11.4 Å². The van der Waals surface area contributed by atoms with Crippen molar-refractivity contribution < 1.29 is 4.79 Å². The van der Waals surface area contributed by atoms with E-state index in [1.807, 2.05) is 11.5 Å². The maximum absolute atomic E-state index is 11.1. The molecule has 2 aromatic rings. The van der Waals surface area contributed by atoms with E-state index in [2.05, 4.69) is 15.5 Å². The van der Waals surface area contributed by atoms with Gasteiger partial charge in [-0.25, -0.2) is 0 Å². The van der Waals surface area contributed by atoms with Crippen molar-refractivity contribution >= 4 is 17.3 Å². The third-order valence-electron chi connectivity index (χ3n) is 2.81. The minimum absolute atomic E-state index is 0.411. The van der Waals surface area contributed by atoms with E-state index in [1.165, 1.54) is 0 Å². The Hall–Kier alpha value is -2.57. The summed E-state index contributed by atoms with van der Waals surface area (Å²) in [4.78, 5) is 11.1. The van der Waals surface area contributed by atoms with E-state index in [0.29, 0.717) is 23.5 Å². The SMILES string of the molecule is CCn1cnnc1CNc1cc(C(N)=O)ccc1N. The number of primary amides is 1. The molecular weight excluding hydrogens is 244 g/mol. The van der Waals surface area contributed by atoms with Crippen LogP contribution in [-0.4, -0.2) is 20.7 Å². The predicted molar refractivity (Wildman–Crippen MR) is 72.4 cm³/mol. The minimum Gasteiger partial charge on any atom is -0.397 e. The molecule has 0 aliphatic carbocycles. The topological polar surface area (TPSA) is 112 Å². The van der Waals surface area contributed by atoms with Crippen LogP contribution >= 0.6 is 0 Å². The van der Waals surface area contributed by atoms with Gasteiger partial charge in [-0.15, -0.1) is 10.2 Å². The highest BCUT2D eigenvalue weighted by molar-refractivity contribution is 5.94. The number of nitrogens with one attached hydrogen (secondary N) is 1. The van der Waals surface area contributed by atoms with Crippen molar-refractivity contribution in [1.29, 1.82) is 0 Å². The molecule has 0 spiro atoms. The summed E-state index contributed by atoms with van der Waals surface area (Å²) in [5.41, 5.74) is 12.7. The standard InChI is InChI=1S/C12H16N6O/c1-2-18-7-16-17-11(18)6-15-10-5-8(12(14)19)3-4-9(10)13/h3-5,7,15H,2,6,13H2,1H3,(H2,14,19). The molecule has 7 nitrogen and oxygen atoms in total. The molecule has 0 bridgehead atoms. The summed E-state index contributed by atoms with van der Waals surface area (Å²) in [6.07, 6.45) is 1.67. The van der Waals surface area contributed by atoms with Crippen molar-refractivity contribution in [3.8, 4) is 0 Å². The first-order chi connectivity index (χ1) is 9.11. The zero-order valence-corrected chi connectivity index (χ0v) is 10.6. The fraction of sp³-hybridized carbons (Fsp3) is 0.250. The first kappa shape index (κ1) is 12.9. The predicted octanol–water partition coefficient (Wildman–Crippen LogP) is 0.591. The molecule has 100 valence electrons. The number of nitrogens with two attached hydrogens (primary N) is 2. The van der Waals surface area contributed by atoms with Crippen molar-refractivity contribution in [2.24, 2.45) is 5.73 Å². The van der Waals surface area contributed by atoms with E-state index in [1.54, 1.807) is 24.5 Å². The van der Waals surface area contributed by atoms with Gasteiger partial charge in [0.2, 0.25) is 5.91 Å². The highest BCUT2D eigenvalue weighted by atomic mass is 16.1. The van der Waals surface area contributed by atoms with Gasteiger partial charge >= 0.3 is 0 Å². The molecule has 0 unspecified atom stereocenters. The summed E-state index contributed by atoms with van der Waals surface area (Å²) in [6, 6.07) is 4.87. The monoisotopic (exact) mass is 260 g/mol. The lowest BCUT2D eigenvalue weighted by atomic mass is 10.1. The Morgan fingerprint density at radius 3 is 2.95 bits per heavy atom. The number of hydrogen-bond acceptors (Lipinski definition) is 5. The number of carbonyl (C=O) groups is 1. The average molecular weight is 260 g/mol. The second-order valence-corrected chi connectivity index (χ2v) is 4.05. The molecule has 1 aromatic heterocycles. The number of aryl methyl sites for hydroxylation is 1. The summed E-state index contributed by atoms with van der Waals surface area (Å²) in [5, 5.41) is 11.0. The van der Waals surface area contributed by atoms with Crippen LogP contribution in [0, 0.1) is 0 Å². The molecule has 0 atom stereocenters. The lowest BCUT2D eigenvalue weighted by Gasteiger charge is -2.10. The third-order valence-corrected chi connectivity index (χ3v) is 2.81. The number of nitrogens with zero attached hydrogens (tertiary/aromatic N) is 3. The van der Waals surface area contributed by atoms with Crippen molar-refractivity contribution in [1.82, 2.24) is 14.8 Å². The second kappa shape index (κ2) is 5.38. The molecule has 0 fully saturated rings. The Balaban J connectivity index is 2.15. The second-order valence-electron chi connectivity index (χ2n) is 4.05. The fourth-order valence-electron chi connectivity index (χ4n) is 1.72. The van der Waals surface area contributed by atoms with Crippen LogP contribution in [0.3, 0.4) is 0 Å². The van der Waals surface area contributed by atoms with Crippen LogP contribution < -0.4 is 16.8 Å². The molecule has 19 heavy (non-hydrogen) atoms. The lowest BCUT2D eigenvalue weighted by Crippen LogP contribution is -2.13. The zero-order valence-electron chi connectivity index (χ0n) is 10.6. The molecule has 1 heterocycles. The largest absolute Gasteiger partial charge is 0.397 e. The van der Waals surface area contributed by atoms with E-state index in [9.17, 15) is 4.79 Å². The van der Waals surface area contributed by atoms with Gasteiger partial charge < -0.3 is 21.4 Å². The van der Waals surface area contributed by atoms with Gasteiger partial charge in [0.05, 0.1) is 17.9 Å². The van der Waals surface area contributed by atoms with Crippen molar-refractivity contribution in [3.05, 3.63) is 35.9 Å². The Morgan fingerprint density at radius 2 is 2.26 bits per heavy atom. The first-order valence-corrected chi connectivity index (χ1v) is 5.91. The number of benzene rings is 1. The Morgan fingerprint density at radius 1 is 1.47 bits per heavy atom. The molecule has 0 aliphatic heterocycles. The first-order valence-electron chi connectivity index (χ1n) is 5.91. The third kappa shape index (κ3) is 2.82. The van der Waals surface area contributed by atoms with Gasteiger partial charge in [-0.1, -0.05) is 0 Å². The average Bonchev–Trinajstić information content (AvgIpc) is 2.85. The lowest BCUT2D eigenvalue weighted by molar-refractivity contribution is 0.100.